The van der Waals surface area contributed by atoms with E-state index >= 15 is 0 Å². The monoisotopic (exact) mass is 352 g/mol. The van der Waals surface area contributed by atoms with E-state index in [4.69, 9.17) is 14.7 Å². The van der Waals surface area contributed by atoms with Gasteiger partial charge >= 0.3 is 5.97 Å². The van der Waals surface area contributed by atoms with E-state index in [0.29, 0.717) is 17.0 Å². The fourth-order valence-electron chi connectivity index (χ4n) is 2.38. The Kier molecular flexibility index (Phi) is 6.75. The van der Waals surface area contributed by atoms with E-state index < -0.39 is 12.1 Å². The van der Waals surface area contributed by atoms with Crippen molar-refractivity contribution in [3.8, 4) is 11.8 Å². The number of rotatable bonds is 7. The van der Waals surface area contributed by atoms with Crippen LogP contribution in [0.15, 0.2) is 54.6 Å². The predicted molar refractivity (Wildman–Crippen MR) is 96.9 cm³/mol. The second-order valence-electron chi connectivity index (χ2n) is 5.51. The molecule has 0 saturated heterocycles. The van der Waals surface area contributed by atoms with Gasteiger partial charge in [-0.25, -0.2) is 4.79 Å². The first-order valence-corrected chi connectivity index (χ1v) is 8.15. The first kappa shape index (κ1) is 19.0. The third-order valence-corrected chi connectivity index (χ3v) is 3.72. The van der Waals surface area contributed by atoms with Crippen LogP contribution in [0.25, 0.3) is 0 Å². The molecule has 26 heavy (non-hydrogen) atoms. The maximum absolute atomic E-state index is 12.8. The van der Waals surface area contributed by atoms with Crippen molar-refractivity contribution in [2.75, 3.05) is 18.6 Å². The van der Waals surface area contributed by atoms with E-state index in [1.807, 2.05) is 12.1 Å². The molecule has 0 bridgehead atoms. The van der Waals surface area contributed by atoms with Crippen molar-refractivity contribution < 1.29 is 19.1 Å². The third-order valence-electron chi connectivity index (χ3n) is 3.72. The lowest BCUT2D eigenvalue weighted by atomic mass is 10.2. The molecule has 0 N–H and O–H groups in total. The summed E-state index contributed by atoms with van der Waals surface area (Å²) < 4.78 is 10.4. The van der Waals surface area contributed by atoms with Gasteiger partial charge in [0.25, 0.3) is 5.91 Å². The van der Waals surface area contributed by atoms with Crippen molar-refractivity contribution >= 4 is 17.6 Å². The first-order valence-electron chi connectivity index (χ1n) is 8.15. The van der Waals surface area contributed by atoms with Crippen LogP contribution in [0.2, 0.25) is 0 Å². The summed E-state index contributed by atoms with van der Waals surface area (Å²) in [4.78, 5) is 26.5. The molecule has 2 aromatic rings. The summed E-state index contributed by atoms with van der Waals surface area (Å²) in [5.74, 6) is -0.473. The Balaban J connectivity index is 2.12. The van der Waals surface area contributed by atoms with E-state index in [-0.39, 0.29) is 18.9 Å². The Bertz CT molecular complexity index is 799. The van der Waals surface area contributed by atoms with Crippen LogP contribution in [0.3, 0.4) is 0 Å². The Morgan fingerprint density at radius 1 is 1.15 bits per heavy atom. The molecule has 2 aromatic carbocycles. The highest BCUT2D eigenvalue weighted by Gasteiger charge is 2.25. The molecule has 0 fully saturated rings. The van der Waals surface area contributed by atoms with E-state index in [0.717, 1.165) is 0 Å². The molecule has 0 aliphatic heterocycles. The maximum atomic E-state index is 12.8. The fraction of sp³-hybridized carbons (Fsp3) is 0.250. The number of anilines is 1. The van der Waals surface area contributed by atoms with Crippen LogP contribution in [0.1, 0.15) is 23.7 Å². The predicted octanol–water partition coefficient (Wildman–Crippen LogP) is 3.19. The van der Waals surface area contributed by atoms with Gasteiger partial charge < -0.3 is 14.4 Å². The summed E-state index contributed by atoms with van der Waals surface area (Å²) in [5, 5.41) is 8.84. The standard InChI is InChI=1S/C20H20N2O4/c1-15(26-20(24)16-8-6-11-18(14-16)25-2)19(23)22(13-7-12-21)17-9-4-3-5-10-17/h3-6,8-11,14-15H,7,13H2,1-2H3/t15-/m1/s1. The zero-order chi connectivity index (χ0) is 18.9. The molecule has 0 spiro atoms. The molecule has 0 aromatic heterocycles. The Morgan fingerprint density at radius 2 is 1.88 bits per heavy atom. The second-order valence-corrected chi connectivity index (χ2v) is 5.51. The van der Waals surface area contributed by atoms with Crippen molar-refractivity contribution in [2.45, 2.75) is 19.4 Å². The maximum Gasteiger partial charge on any atom is 0.339 e. The average molecular weight is 352 g/mol. The molecule has 2 rings (SSSR count). The number of nitriles is 1. The van der Waals surface area contributed by atoms with Crippen LogP contribution >= 0.6 is 0 Å². The van der Waals surface area contributed by atoms with Gasteiger partial charge in [-0.1, -0.05) is 24.3 Å². The Hall–Kier alpha value is -3.33. The van der Waals surface area contributed by atoms with Crippen LogP contribution < -0.4 is 9.64 Å². The number of hydrogen-bond acceptors (Lipinski definition) is 5. The number of carbonyl (C=O) groups is 2. The number of esters is 1. The minimum Gasteiger partial charge on any atom is -0.497 e. The lowest BCUT2D eigenvalue weighted by Gasteiger charge is -2.25. The van der Waals surface area contributed by atoms with Crippen LogP contribution in [-0.4, -0.2) is 31.6 Å². The van der Waals surface area contributed by atoms with Gasteiger partial charge in [-0.2, -0.15) is 5.26 Å². The minimum atomic E-state index is -0.993. The van der Waals surface area contributed by atoms with Gasteiger partial charge in [0.1, 0.15) is 5.75 Å². The van der Waals surface area contributed by atoms with Crippen molar-refractivity contribution in [3.63, 3.8) is 0 Å². The normalized spacial score (nSPS) is 11.1. The summed E-state index contributed by atoms with van der Waals surface area (Å²) in [7, 11) is 1.50. The van der Waals surface area contributed by atoms with Crippen LogP contribution in [0, 0.1) is 11.3 Å². The summed E-state index contributed by atoms with van der Waals surface area (Å²) in [6, 6.07) is 17.5. The highest BCUT2D eigenvalue weighted by atomic mass is 16.5. The van der Waals surface area contributed by atoms with Gasteiger partial charge in [-0.05, 0) is 37.3 Å². The number of nitrogens with zero attached hydrogens (tertiary/aromatic N) is 2. The Labute approximate surface area is 152 Å². The number of benzene rings is 2. The smallest absolute Gasteiger partial charge is 0.339 e. The molecule has 0 aliphatic carbocycles. The van der Waals surface area contributed by atoms with E-state index in [9.17, 15) is 9.59 Å². The van der Waals surface area contributed by atoms with E-state index in [1.165, 1.54) is 18.9 Å². The minimum absolute atomic E-state index is 0.178. The van der Waals surface area contributed by atoms with E-state index in [1.54, 1.807) is 48.5 Å². The lowest BCUT2D eigenvalue weighted by Crippen LogP contribution is -2.40. The molecule has 134 valence electrons. The summed E-state index contributed by atoms with van der Waals surface area (Å²) in [6.45, 7) is 1.74. The molecule has 0 saturated carbocycles. The summed E-state index contributed by atoms with van der Waals surface area (Å²) in [5.41, 5.74) is 0.948. The number of carbonyl (C=O) groups excluding carboxylic acids is 2. The zero-order valence-corrected chi connectivity index (χ0v) is 14.7. The topological polar surface area (TPSA) is 79.6 Å². The molecule has 0 unspecified atom stereocenters. The molecule has 0 heterocycles. The molecule has 0 aliphatic rings. The summed E-state index contributed by atoms with van der Waals surface area (Å²) >= 11 is 0. The average Bonchev–Trinajstić information content (AvgIpc) is 2.68. The van der Waals surface area contributed by atoms with E-state index in [2.05, 4.69) is 0 Å². The molecule has 1 amide bonds. The number of hydrogen-bond donors (Lipinski definition) is 0. The van der Waals surface area contributed by atoms with Gasteiger partial charge in [-0.15, -0.1) is 0 Å². The van der Waals surface area contributed by atoms with Crippen molar-refractivity contribution in [1.29, 1.82) is 5.26 Å². The molecular weight excluding hydrogens is 332 g/mol. The van der Waals surface area contributed by atoms with Gasteiger partial charge in [0.05, 0.1) is 25.2 Å². The molecular formula is C20H20N2O4. The van der Waals surface area contributed by atoms with Gasteiger partial charge in [0, 0.05) is 12.2 Å². The highest BCUT2D eigenvalue weighted by Crippen LogP contribution is 2.18. The third kappa shape index (κ3) is 4.84. The van der Waals surface area contributed by atoms with Crippen LogP contribution in [-0.2, 0) is 9.53 Å². The SMILES string of the molecule is COc1cccc(C(=O)O[C@H](C)C(=O)N(CCC#N)c2ccccc2)c1. The number of amides is 1. The number of para-hydroxylation sites is 1. The number of methoxy groups -OCH3 is 1. The lowest BCUT2D eigenvalue weighted by molar-refractivity contribution is -0.126. The van der Waals surface area contributed by atoms with Crippen molar-refractivity contribution in [1.82, 2.24) is 0 Å². The van der Waals surface area contributed by atoms with Gasteiger partial charge in [0.15, 0.2) is 6.10 Å². The highest BCUT2D eigenvalue weighted by molar-refractivity contribution is 5.99. The van der Waals surface area contributed by atoms with Crippen LogP contribution in [0.4, 0.5) is 5.69 Å². The van der Waals surface area contributed by atoms with Gasteiger partial charge in [0.2, 0.25) is 0 Å². The molecule has 0 radical (unpaired) electrons. The van der Waals surface area contributed by atoms with Crippen molar-refractivity contribution in [2.24, 2.45) is 0 Å². The fourth-order valence-corrected chi connectivity index (χ4v) is 2.38. The second kappa shape index (κ2) is 9.23. The van der Waals surface area contributed by atoms with Gasteiger partial charge in [-0.3, -0.25) is 4.79 Å². The first-order chi connectivity index (χ1) is 12.6. The molecule has 6 nitrogen and oxygen atoms in total. The molecule has 1 atom stereocenters. The summed E-state index contributed by atoms with van der Waals surface area (Å²) in [6.07, 6.45) is -0.815. The van der Waals surface area contributed by atoms with Crippen LogP contribution in [0.5, 0.6) is 5.75 Å². The number of ether oxygens (including phenoxy) is 2. The zero-order valence-electron chi connectivity index (χ0n) is 14.7. The molecule has 6 heteroatoms. The Morgan fingerprint density at radius 3 is 2.54 bits per heavy atom. The largest absolute Gasteiger partial charge is 0.497 e. The van der Waals surface area contributed by atoms with Crippen molar-refractivity contribution in [3.05, 3.63) is 60.2 Å². The quantitative estimate of drug-likeness (QED) is 0.715.